The number of nitrogens with zero attached hydrogens (tertiary/aromatic N) is 2. The molecule has 1 aromatic rings. The van der Waals surface area contributed by atoms with Gasteiger partial charge in [-0.25, -0.2) is 0 Å². The van der Waals surface area contributed by atoms with Crippen LogP contribution in [-0.4, -0.2) is 31.8 Å². The van der Waals surface area contributed by atoms with Gasteiger partial charge in [0.15, 0.2) is 0 Å². The molecule has 5 nitrogen and oxygen atoms in total. The molecule has 1 aliphatic rings. The van der Waals surface area contributed by atoms with E-state index in [0.717, 1.165) is 25.1 Å². The fraction of sp³-hybridized carbons (Fsp3) is 0.357. The average molecular weight is 257 g/mol. The highest BCUT2D eigenvalue weighted by Crippen LogP contribution is 2.29. The summed E-state index contributed by atoms with van der Waals surface area (Å²) >= 11 is 0. The van der Waals surface area contributed by atoms with E-state index in [9.17, 15) is 14.9 Å². The standard InChI is InChI=1S/C14H15N3O2/c1-16-14(19)13-3-2-6-17(13)12-5-4-10(9-18)7-11(12)8-15/h4-5,7,9,13H,2-3,6H2,1H3,(H,16,19). The van der Waals surface area contributed by atoms with Crippen molar-refractivity contribution in [2.24, 2.45) is 0 Å². The van der Waals surface area contributed by atoms with Gasteiger partial charge in [-0.1, -0.05) is 0 Å². The van der Waals surface area contributed by atoms with Crippen LogP contribution in [0.1, 0.15) is 28.8 Å². The Labute approximate surface area is 111 Å². The summed E-state index contributed by atoms with van der Waals surface area (Å²) in [6.45, 7) is 0.743. The van der Waals surface area contributed by atoms with Crippen molar-refractivity contribution < 1.29 is 9.59 Å². The summed E-state index contributed by atoms with van der Waals surface area (Å²) in [6.07, 6.45) is 2.41. The first-order valence-electron chi connectivity index (χ1n) is 6.19. The molecule has 1 aromatic carbocycles. The number of benzene rings is 1. The molecule has 1 N–H and O–H groups in total. The zero-order chi connectivity index (χ0) is 13.8. The normalized spacial score (nSPS) is 17.9. The first-order valence-corrected chi connectivity index (χ1v) is 6.19. The maximum atomic E-state index is 11.8. The third-order valence-electron chi connectivity index (χ3n) is 3.39. The molecule has 1 fully saturated rings. The largest absolute Gasteiger partial charge is 0.358 e. The highest BCUT2D eigenvalue weighted by Gasteiger charge is 2.31. The van der Waals surface area contributed by atoms with E-state index in [1.54, 1.807) is 25.2 Å². The Balaban J connectivity index is 2.38. The lowest BCUT2D eigenvalue weighted by Crippen LogP contribution is -2.42. The molecule has 2 rings (SSSR count). The van der Waals surface area contributed by atoms with Gasteiger partial charge in [-0.2, -0.15) is 5.26 Å². The van der Waals surface area contributed by atoms with Gasteiger partial charge >= 0.3 is 0 Å². The Morgan fingerprint density at radius 1 is 1.58 bits per heavy atom. The predicted molar refractivity (Wildman–Crippen MR) is 71.0 cm³/mol. The van der Waals surface area contributed by atoms with Crippen LogP contribution in [-0.2, 0) is 4.79 Å². The van der Waals surface area contributed by atoms with Gasteiger partial charge < -0.3 is 10.2 Å². The summed E-state index contributed by atoms with van der Waals surface area (Å²) in [6, 6.07) is 6.82. The minimum atomic E-state index is -0.237. The summed E-state index contributed by atoms with van der Waals surface area (Å²) in [5, 5.41) is 11.8. The van der Waals surface area contributed by atoms with Crippen LogP contribution in [0.5, 0.6) is 0 Å². The average Bonchev–Trinajstić information content (AvgIpc) is 2.94. The Morgan fingerprint density at radius 3 is 3.00 bits per heavy atom. The SMILES string of the molecule is CNC(=O)C1CCCN1c1ccc(C=O)cc1C#N. The number of hydrogen-bond acceptors (Lipinski definition) is 4. The molecule has 1 atom stereocenters. The van der Waals surface area contributed by atoms with E-state index in [0.29, 0.717) is 17.4 Å². The third-order valence-corrected chi connectivity index (χ3v) is 3.39. The number of aldehydes is 1. The van der Waals surface area contributed by atoms with Crippen LogP contribution in [0.2, 0.25) is 0 Å². The third kappa shape index (κ3) is 2.43. The van der Waals surface area contributed by atoms with Gasteiger partial charge in [0.1, 0.15) is 18.4 Å². The van der Waals surface area contributed by atoms with E-state index in [-0.39, 0.29) is 11.9 Å². The first kappa shape index (κ1) is 13.1. The van der Waals surface area contributed by atoms with E-state index in [1.807, 2.05) is 4.90 Å². The van der Waals surface area contributed by atoms with Crippen LogP contribution < -0.4 is 10.2 Å². The maximum Gasteiger partial charge on any atom is 0.242 e. The van der Waals surface area contributed by atoms with Crippen molar-refractivity contribution in [1.29, 1.82) is 5.26 Å². The molecule has 0 spiro atoms. The second kappa shape index (κ2) is 5.53. The number of likely N-dealkylation sites (N-methyl/N-ethyl adjacent to an activating group) is 1. The first-order chi connectivity index (χ1) is 9.21. The summed E-state index contributed by atoms with van der Waals surface area (Å²) in [7, 11) is 1.61. The van der Waals surface area contributed by atoms with Gasteiger partial charge in [0, 0.05) is 19.2 Å². The van der Waals surface area contributed by atoms with Gasteiger partial charge in [0.2, 0.25) is 5.91 Å². The van der Waals surface area contributed by atoms with Crippen LogP contribution >= 0.6 is 0 Å². The smallest absolute Gasteiger partial charge is 0.242 e. The van der Waals surface area contributed by atoms with Gasteiger partial charge in [-0.05, 0) is 31.0 Å². The molecule has 98 valence electrons. The van der Waals surface area contributed by atoms with E-state index in [1.165, 1.54) is 0 Å². The van der Waals surface area contributed by atoms with Gasteiger partial charge in [0.05, 0.1) is 11.3 Å². The fourth-order valence-corrected chi connectivity index (χ4v) is 2.46. The predicted octanol–water partition coefficient (Wildman–Crippen LogP) is 1.09. The lowest BCUT2D eigenvalue weighted by Gasteiger charge is -2.26. The number of rotatable bonds is 3. The Bertz CT molecular complexity index is 548. The summed E-state index contributed by atoms with van der Waals surface area (Å²) in [5.41, 5.74) is 1.62. The van der Waals surface area contributed by atoms with Crippen LogP contribution in [0, 0.1) is 11.3 Å². The number of nitrogens with one attached hydrogen (secondary N) is 1. The minimum Gasteiger partial charge on any atom is -0.358 e. The summed E-state index contributed by atoms with van der Waals surface area (Å²) in [4.78, 5) is 24.5. The van der Waals surface area contributed by atoms with Crippen molar-refractivity contribution in [2.45, 2.75) is 18.9 Å². The van der Waals surface area contributed by atoms with Crippen LogP contribution in [0.15, 0.2) is 18.2 Å². The highest BCUT2D eigenvalue weighted by atomic mass is 16.2. The Kier molecular flexibility index (Phi) is 3.81. The van der Waals surface area contributed by atoms with Crippen LogP contribution in [0.4, 0.5) is 5.69 Å². The summed E-state index contributed by atoms with van der Waals surface area (Å²) in [5.74, 6) is -0.0409. The van der Waals surface area contributed by atoms with E-state index in [2.05, 4.69) is 11.4 Å². The zero-order valence-corrected chi connectivity index (χ0v) is 10.7. The summed E-state index contributed by atoms with van der Waals surface area (Å²) < 4.78 is 0. The van der Waals surface area contributed by atoms with E-state index in [4.69, 9.17) is 0 Å². The number of anilines is 1. The van der Waals surface area contributed by atoms with Crippen molar-refractivity contribution in [3.63, 3.8) is 0 Å². The molecular formula is C14H15N3O2. The van der Waals surface area contributed by atoms with Crippen LogP contribution in [0.3, 0.4) is 0 Å². The number of hydrogen-bond donors (Lipinski definition) is 1. The zero-order valence-electron chi connectivity index (χ0n) is 10.7. The number of carbonyl (C=O) groups is 2. The fourth-order valence-electron chi connectivity index (χ4n) is 2.46. The highest BCUT2D eigenvalue weighted by molar-refractivity contribution is 5.87. The molecule has 1 unspecified atom stereocenters. The molecule has 1 saturated heterocycles. The van der Waals surface area contributed by atoms with Gasteiger partial charge in [0.25, 0.3) is 0 Å². The second-order valence-electron chi connectivity index (χ2n) is 4.47. The van der Waals surface area contributed by atoms with Gasteiger partial charge in [-0.15, -0.1) is 0 Å². The lowest BCUT2D eigenvalue weighted by molar-refractivity contribution is -0.121. The maximum absolute atomic E-state index is 11.8. The topological polar surface area (TPSA) is 73.2 Å². The molecular weight excluding hydrogens is 242 g/mol. The van der Waals surface area contributed by atoms with Crippen LogP contribution in [0.25, 0.3) is 0 Å². The van der Waals surface area contributed by atoms with Crippen molar-refractivity contribution in [3.05, 3.63) is 29.3 Å². The molecule has 0 bridgehead atoms. The van der Waals surface area contributed by atoms with Crippen molar-refractivity contribution >= 4 is 17.9 Å². The molecule has 1 amide bonds. The number of amides is 1. The van der Waals surface area contributed by atoms with Crippen molar-refractivity contribution in [2.75, 3.05) is 18.5 Å². The van der Waals surface area contributed by atoms with E-state index >= 15 is 0 Å². The monoisotopic (exact) mass is 257 g/mol. The molecule has 0 aliphatic carbocycles. The molecule has 1 heterocycles. The molecule has 0 aromatic heterocycles. The molecule has 19 heavy (non-hydrogen) atoms. The Morgan fingerprint density at radius 2 is 2.37 bits per heavy atom. The van der Waals surface area contributed by atoms with Crippen molar-refractivity contribution in [3.8, 4) is 6.07 Å². The minimum absolute atomic E-state index is 0.0409. The lowest BCUT2D eigenvalue weighted by atomic mass is 10.1. The quantitative estimate of drug-likeness (QED) is 0.822. The Hall–Kier alpha value is -2.35. The molecule has 1 aliphatic heterocycles. The molecule has 5 heteroatoms. The molecule has 0 saturated carbocycles. The number of nitriles is 1. The molecule has 0 radical (unpaired) electrons. The van der Waals surface area contributed by atoms with E-state index < -0.39 is 0 Å². The second-order valence-corrected chi connectivity index (χ2v) is 4.47. The van der Waals surface area contributed by atoms with Crippen molar-refractivity contribution in [1.82, 2.24) is 5.32 Å². The van der Waals surface area contributed by atoms with Gasteiger partial charge in [-0.3, -0.25) is 9.59 Å². The number of carbonyl (C=O) groups excluding carboxylic acids is 2.